The molecule has 0 bridgehead atoms. The Morgan fingerprint density at radius 2 is 2.12 bits per heavy atom. The van der Waals surface area contributed by atoms with Crippen LogP contribution in [0.15, 0.2) is 0 Å². The summed E-state index contributed by atoms with van der Waals surface area (Å²) in [5.41, 5.74) is 0.387. The second kappa shape index (κ2) is 5.94. The molecule has 2 nitrogen and oxygen atoms in total. The highest BCUT2D eigenvalue weighted by Crippen LogP contribution is 2.27. The van der Waals surface area contributed by atoms with Crippen molar-refractivity contribution in [1.29, 1.82) is 0 Å². The van der Waals surface area contributed by atoms with Gasteiger partial charge in [0, 0.05) is 37.5 Å². The minimum Gasteiger partial charge on any atom is -0.311 e. The van der Waals surface area contributed by atoms with Gasteiger partial charge in [-0.1, -0.05) is 27.2 Å². The van der Waals surface area contributed by atoms with Gasteiger partial charge in [0.25, 0.3) is 0 Å². The largest absolute Gasteiger partial charge is 0.311 e. The molecule has 0 spiro atoms. The summed E-state index contributed by atoms with van der Waals surface area (Å²) in [6.07, 6.45) is 4.33. The third-order valence-electron chi connectivity index (χ3n) is 4.04. The Kier molecular flexibility index (Phi) is 4.79. The second-order valence-electron chi connectivity index (χ2n) is 6.62. The molecule has 2 heterocycles. The summed E-state index contributed by atoms with van der Waals surface area (Å²) in [6, 6.07) is 0.657. The lowest BCUT2D eigenvalue weighted by atomic mass is 9.85. The number of thioether (sulfide) groups is 1. The zero-order valence-electron chi connectivity index (χ0n) is 11.7. The summed E-state index contributed by atoms with van der Waals surface area (Å²) >= 11 is 2.20. The van der Waals surface area contributed by atoms with E-state index in [1.807, 2.05) is 0 Å². The van der Waals surface area contributed by atoms with Gasteiger partial charge in [0.1, 0.15) is 0 Å². The normalized spacial score (nSPS) is 32.6. The Balaban J connectivity index is 1.80. The molecule has 100 valence electrons. The van der Waals surface area contributed by atoms with Crippen LogP contribution in [0, 0.1) is 5.41 Å². The van der Waals surface area contributed by atoms with E-state index in [0.717, 1.165) is 5.25 Å². The first-order valence-electron chi connectivity index (χ1n) is 7.13. The first-order valence-corrected chi connectivity index (χ1v) is 8.18. The Hall–Kier alpha value is 0.270. The zero-order valence-corrected chi connectivity index (χ0v) is 12.5. The van der Waals surface area contributed by atoms with E-state index < -0.39 is 0 Å². The number of rotatable bonds is 2. The lowest BCUT2D eigenvalue weighted by molar-refractivity contribution is 0.134. The Morgan fingerprint density at radius 3 is 2.76 bits per heavy atom. The molecule has 0 aliphatic carbocycles. The quantitative estimate of drug-likeness (QED) is 0.817. The monoisotopic (exact) mass is 256 g/mol. The van der Waals surface area contributed by atoms with Crippen molar-refractivity contribution in [3.05, 3.63) is 0 Å². The molecule has 2 atom stereocenters. The maximum atomic E-state index is 3.68. The van der Waals surface area contributed by atoms with Crippen LogP contribution in [0.25, 0.3) is 0 Å². The lowest BCUT2D eigenvalue weighted by Crippen LogP contribution is -2.56. The van der Waals surface area contributed by atoms with Crippen molar-refractivity contribution in [2.24, 2.45) is 5.41 Å². The molecule has 2 fully saturated rings. The molecular weight excluding hydrogens is 228 g/mol. The molecule has 2 aliphatic heterocycles. The summed E-state index contributed by atoms with van der Waals surface area (Å²) in [5, 5.41) is 4.58. The van der Waals surface area contributed by atoms with Gasteiger partial charge in [-0.15, -0.1) is 0 Å². The van der Waals surface area contributed by atoms with Crippen LogP contribution in [0.5, 0.6) is 0 Å². The molecular formula is C14H28N2S. The fourth-order valence-electron chi connectivity index (χ4n) is 2.80. The van der Waals surface area contributed by atoms with Crippen LogP contribution in [0.4, 0.5) is 0 Å². The topological polar surface area (TPSA) is 15.3 Å². The van der Waals surface area contributed by atoms with Crippen LogP contribution >= 0.6 is 11.8 Å². The Morgan fingerprint density at radius 1 is 1.29 bits per heavy atom. The molecule has 1 N–H and O–H groups in total. The van der Waals surface area contributed by atoms with Gasteiger partial charge in [0.15, 0.2) is 0 Å². The fraction of sp³-hybridized carbons (Fsp3) is 1.00. The van der Waals surface area contributed by atoms with Gasteiger partial charge in [-0.25, -0.2) is 0 Å². The summed E-state index contributed by atoms with van der Waals surface area (Å²) in [6.45, 7) is 12.0. The van der Waals surface area contributed by atoms with Crippen molar-refractivity contribution < 1.29 is 0 Å². The van der Waals surface area contributed by atoms with Gasteiger partial charge >= 0.3 is 0 Å². The van der Waals surface area contributed by atoms with Crippen molar-refractivity contribution in [2.75, 3.05) is 31.9 Å². The number of nitrogens with one attached hydrogen (secondary N) is 1. The van der Waals surface area contributed by atoms with E-state index >= 15 is 0 Å². The molecule has 0 saturated carbocycles. The second-order valence-corrected chi connectivity index (χ2v) is 8.03. The van der Waals surface area contributed by atoms with Crippen LogP contribution in [0.3, 0.4) is 0 Å². The minimum absolute atomic E-state index is 0.387. The molecule has 2 saturated heterocycles. The fourth-order valence-corrected chi connectivity index (χ4v) is 4.15. The SMILES string of the molecule is CC(C)(C)C1CN(CC2CCCCS2)CCN1. The van der Waals surface area contributed by atoms with E-state index in [4.69, 9.17) is 0 Å². The van der Waals surface area contributed by atoms with Crippen molar-refractivity contribution in [3.63, 3.8) is 0 Å². The van der Waals surface area contributed by atoms with Crippen LogP contribution in [-0.2, 0) is 0 Å². The minimum atomic E-state index is 0.387. The van der Waals surface area contributed by atoms with Crippen LogP contribution in [0.1, 0.15) is 40.0 Å². The van der Waals surface area contributed by atoms with Crippen molar-refractivity contribution in [3.8, 4) is 0 Å². The first kappa shape index (κ1) is 13.7. The average molecular weight is 256 g/mol. The summed E-state index contributed by atoms with van der Waals surface area (Å²) in [5.74, 6) is 1.39. The van der Waals surface area contributed by atoms with Crippen LogP contribution in [-0.4, -0.2) is 48.1 Å². The highest BCUT2D eigenvalue weighted by atomic mass is 32.2. The van der Waals surface area contributed by atoms with Crippen LogP contribution in [0.2, 0.25) is 0 Å². The van der Waals surface area contributed by atoms with E-state index in [9.17, 15) is 0 Å². The van der Waals surface area contributed by atoms with Crippen LogP contribution < -0.4 is 5.32 Å². The van der Waals surface area contributed by atoms with E-state index in [1.165, 1.54) is 51.2 Å². The third kappa shape index (κ3) is 4.15. The number of hydrogen-bond acceptors (Lipinski definition) is 3. The van der Waals surface area contributed by atoms with Crippen molar-refractivity contribution >= 4 is 11.8 Å². The molecule has 3 heteroatoms. The predicted octanol–water partition coefficient (Wildman–Crippen LogP) is 2.59. The molecule has 0 aromatic rings. The van der Waals surface area contributed by atoms with E-state index in [2.05, 4.69) is 42.7 Å². The number of hydrogen-bond donors (Lipinski definition) is 1. The molecule has 2 rings (SSSR count). The van der Waals surface area contributed by atoms with E-state index in [-0.39, 0.29) is 0 Å². The zero-order chi connectivity index (χ0) is 12.3. The van der Waals surface area contributed by atoms with Gasteiger partial charge < -0.3 is 5.32 Å². The Labute approximate surface area is 111 Å². The highest BCUT2D eigenvalue weighted by molar-refractivity contribution is 7.99. The average Bonchev–Trinajstić information content (AvgIpc) is 2.29. The van der Waals surface area contributed by atoms with E-state index in [0.29, 0.717) is 11.5 Å². The third-order valence-corrected chi connectivity index (χ3v) is 5.42. The lowest BCUT2D eigenvalue weighted by Gasteiger charge is -2.41. The van der Waals surface area contributed by atoms with Gasteiger partial charge in [-0.05, 0) is 24.0 Å². The summed E-state index contributed by atoms with van der Waals surface area (Å²) in [7, 11) is 0. The van der Waals surface area contributed by atoms with Gasteiger partial charge in [0.05, 0.1) is 0 Å². The smallest absolute Gasteiger partial charge is 0.0244 e. The maximum absolute atomic E-state index is 3.68. The first-order chi connectivity index (χ1) is 8.05. The maximum Gasteiger partial charge on any atom is 0.0244 e. The predicted molar refractivity (Wildman–Crippen MR) is 77.8 cm³/mol. The molecule has 0 radical (unpaired) electrons. The van der Waals surface area contributed by atoms with Crippen molar-refractivity contribution in [2.45, 2.75) is 51.3 Å². The Bertz CT molecular complexity index is 231. The molecule has 17 heavy (non-hydrogen) atoms. The van der Waals surface area contributed by atoms with Gasteiger partial charge in [-0.3, -0.25) is 4.90 Å². The van der Waals surface area contributed by atoms with E-state index in [1.54, 1.807) is 0 Å². The highest BCUT2D eigenvalue weighted by Gasteiger charge is 2.30. The van der Waals surface area contributed by atoms with Crippen molar-refractivity contribution in [1.82, 2.24) is 10.2 Å². The number of piperazine rings is 1. The molecule has 2 aliphatic rings. The summed E-state index contributed by atoms with van der Waals surface area (Å²) in [4.78, 5) is 2.69. The molecule has 0 aromatic heterocycles. The molecule has 0 aromatic carbocycles. The molecule has 0 amide bonds. The summed E-state index contributed by atoms with van der Waals surface area (Å²) < 4.78 is 0. The molecule has 2 unspecified atom stereocenters. The number of nitrogens with zero attached hydrogens (tertiary/aromatic N) is 1. The van der Waals surface area contributed by atoms with Gasteiger partial charge in [-0.2, -0.15) is 11.8 Å². The standard InChI is InChI=1S/C14H28N2S/c1-14(2,3)13-11-16(8-7-15-13)10-12-6-4-5-9-17-12/h12-13,15H,4-11H2,1-3H3. The van der Waals surface area contributed by atoms with Gasteiger partial charge in [0.2, 0.25) is 0 Å².